The molecule has 280 valence electrons. The maximum atomic E-state index is 14.1. The number of amides is 1. The largest absolute Gasteiger partial charge is 0.481 e. The zero-order valence-corrected chi connectivity index (χ0v) is 30.4. The molecule has 14 heteroatoms. The highest BCUT2D eigenvalue weighted by Gasteiger charge is 2.56. The van der Waals surface area contributed by atoms with Crippen LogP contribution in [0.25, 0.3) is 32.9 Å². The van der Waals surface area contributed by atoms with Crippen molar-refractivity contribution < 1.29 is 27.4 Å². The number of ether oxygens (including phenoxy) is 2. The number of H-pyrrole nitrogens is 1. The third-order valence-electron chi connectivity index (χ3n) is 12.7. The van der Waals surface area contributed by atoms with Crippen LogP contribution in [0.4, 0.5) is 24.9 Å². The van der Waals surface area contributed by atoms with Gasteiger partial charge in [0.15, 0.2) is 12.4 Å². The molecule has 53 heavy (non-hydrogen) atoms. The molecule has 5 aliphatic rings. The first-order valence-corrected chi connectivity index (χ1v) is 18.6. The number of hydrogen-bond donors (Lipinski definition) is 1. The quantitative estimate of drug-likeness (QED) is 0.225. The van der Waals surface area contributed by atoms with Gasteiger partial charge in [-0.05, 0) is 86.9 Å². The highest BCUT2D eigenvalue weighted by molar-refractivity contribution is 6.06. The van der Waals surface area contributed by atoms with Crippen molar-refractivity contribution in [2.45, 2.75) is 62.8 Å². The lowest BCUT2D eigenvalue weighted by molar-refractivity contribution is -0.153. The van der Waals surface area contributed by atoms with E-state index in [-0.39, 0.29) is 34.6 Å². The number of nitrogens with zero attached hydrogens (tertiary/aromatic N) is 7. The smallest absolute Gasteiger partial charge is 0.422 e. The van der Waals surface area contributed by atoms with Gasteiger partial charge in [-0.3, -0.25) is 14.8 Å². The van der Waals surface area contributed by atoms with E-state index in [4.69, 9.17) is 19.4 Å². The van der Waals surface area contributed by atoms with E-state index >= 15 is 0 Å². The number of aromatic nitrogens is 4. The molecule has 1 aliphatic carbocycles. The summed E-state index contributed by atoms with van der Waals surface area (Å²) in [4.78, 5) is 31.2. The number of likely N-dealkylation sites (tertiary alicyclic amines) is 2. The van der Waals surface area contributed by atoms with Crippen molar-refractivity contribution in [1.29, 1.82) is 0 Å². The Hall–Kier alpha value is -4.43. The van der Waals surface area contributed by atoms with Crippen LogP contribution in [0.2, 0.25) is 0 Å². The number of rotatable bonds is 8. The molecule has 1 saturated carbocycles. The Balaban J connectivity index is 1.21. The van der Waals surface area contributed by atoms with Crippen LogP contribution in [0, 0.1) is 12.3 Å². The molecule has 6 heterocycles. The number of halogens is 3. The van der Waals surface area contributed by atoms with Gasteiger partial charge in [-0.1, -0.05) is 12.6 Å². The Kier molecular flexibility index (Phi) is 7.97. The lowest BCUT2D eigenvalue weighted by atomic mass is 9.72. The zero-order valence-electron chi connectivity index (χ0n) is 30.4. The maximum Gasteiger partial charge on any atom is 0.422 e. The van der Waals surface area contributed by atoms with E-state index < -0.39 is 12.8 Å². The van der Waals surface area contributed by atoms with Crippen molar-refractivity contribution in [2.24, 2.45) is 5.41 Å². The van der Waals surface area contributed by atoms with Gasteiger partial charge in [0.05, 0.1) is 23.4 Å². The third kappa shape index (κ3) is 5.62. The van der Waals surface area contributed by atoms with Crippen molar-refractivity contribution in [3.63, 3.8) is 0 Å². The lowest BCUT2D eigenvalue weighted by Crippen LogP contribution is -2.72. The second kappa shape index (κ2) is 12.3. The van der Waals surface area contributed by atoms with Gasteiger partial charge < -0.3 is 24.2 Å². The maximum absolute atomic E-state index is 14.1. The van der Waals surface area contributed by atoms with Crippen molar-refractivity contribution in [2.75, 3.05) is 76.4 Å². The number of fused-ring (bicyclic) bond motifs is 2. The molecule has 1 N–H and O–H groups in total. The van der Waals surface area contributed by atoms with Crippen LogP contribution in [0.5, 0.6) is 5.75 Å². The minimum Gasteiger partial charge on any atom is -0.481 e. The number of carbonyl (C=O) groups excluding carboxylic acids is 1. The van der Waals surface area contributed by atoms with E-state index in [1.807, 2.05) is 24.0 Å². The average Bonchev–Trinajstić information content (AvgIpc) is 3.75. The Bertz CT molecular complexity index is 2110. The minimum atomic E-state index is -4.56. The van der Waals surface area contributed by atoms with E-state index in [9.17, 15) is 18.0 Å². The number of methoxy groups -OCH3 is 1. The predicted octanol–water partition coefficient (Wildman–Crippen LogP) is 5.82. The van der Waals surface area contributed by atoms with Gasteiger partial charge in [0.2, 0.25) is 11.9 Å². The molecule has 11 nitrogen and oxygen atoms in total. The molecule has 0 bridgehead atoms. The molecule has 2 aromatic carbocycles. The molecule has 0 radical (unpaired) electrons. The molecule has 5 fully saturated rings. The Morgan fingerprint density at radius 3 is 2.47 bits per heavy atom. The first kappa shape index (κ1) is 34.3. The monoisotopic (exact) mass is 730 g/mol. The molecule has 4 aliphatic heterocycles. The summed E-state index contributed by atoms with van der Waals surface area (Å²) in [5, 5.41) is 8.86. The Morgan fingerprint density at radius 1 is 1.04 bits per heavy atom. The van der Waals surface area contributed by atoms with E-state index in [0.29, 0.717) is 67.5 Å². The van der Waals surface area contributed by atoms with Crippen LogP contribution in [-0.2, 0) is 9.53 Å². The first-order valence-electron chi connectivity index (χ1n) is 18.6. The molecule has 4 saturated heterocycles. The summed E-state index contributed by atoms with van der Waals surface area (Å²) >= 11 is 0. The van der Waals surface area contributed by atoms with Crippen molar-refractivity contribution >= 4 is 39.5 Å². The van der Waals surface area contributed by atoms with Gasteiger partial charge >= 0.3 is 6.18 Å². The standard InChI is InChI=1S/C39H45F3N8O3/c1-5-30(51)49-18-37(19-49)11-14-48(15-12-37)35-26-16-25(24-7-8-24)32(31-23(2)6-9-28-27(31)17-43-46-28)34(53-22-39(40,41)42)33(26)44-36(45-35)50-20-38(21-50)29(52-4)10-13-47(38)3/h5-6,9,16-17,24,29H,1,7-8,10-15,18-22H2,2-4H3,(H,43,46)/t29-/m1/s1. The number of piperidine rings is 1. The highest BCUT2D eigenvalue weighted by Crippen LogP contribution is 2.54. The van der Waals surface area contributed by atoms with Crippen LogP contribution < -0.4 is 14.5 Å². The summed E-state index contributed by atoms with van der Waals surface area (Å²) in [6, 6.07) is 6.04. The summed E-state index contributed by atoms with van der Waals surface area (Å²) in [7, 11) is 3.87. The number of carbonyl (C=O) groups is 1. The number of aryl methyl sites for hydroxylation is 1. The number of benzene rings is 2. The Morgan fingerprint density at radius 2 is 1.79 bits per heavy atom. The van der Waals surface area contributed by atoms with E-state index in [2.05, 4.69) is 44.6 Å². The average molecular weight is 731 g/mol. The molecule has 1 atom stereocenters. The SMILES string of the molecule is C=CC(=O)N1CC2(CCN(c3nc(N4CC5(C4)[C@H](OC)CCN5C)nc4c(OCC(F)(F)F)c(-c5c(C)ccc6[nH]ncc56)c(C5CC5)cc34)CC2)C1. The summed E-state index contributed by atoms with van der Waals surface area (Å²) < 4.78 is 54.3. The summed E-state index contributed by atoms with van der Waals surface area (Å²) in [6.45, 7) is 9.19. The normalized spacial score (nSPS) is 22.5. The van der Waals surface area contributed by atoms with Gasteiger partial charge in [-0.25, -0.2) is 4.98 Å². The fourth-order valence-corrected chi connectivity index (χ4v) is 9.48. The van der Waals surface area contributed by atoms with Crippen molar-refractivity contribution in [1.82, 2.24) is 30.0 Å². The highest BCUT2D eigenvalue weighted by atomic mass is 19.4. The molecular formula is C39H45F3N8O3. The van der Waals surface area contributed by atoms with Gasteiger partial charge in [0.1, 0.15) is 11.3 Å². The van der Waals surface area contributed by atoms with E-state index in [0.717, 1.165) is 66.2 Å². The molecule has 4 aromatic rings. The number of anilines is 2. The molecule has 2 aromatic heterocycles. The van der Waals surface area contributed by atoms with Gasteiger partial charge in [-0.2, -0.15) is 23.3 Å². The summed E-state index contributed by atoms with van der Waals surface area (Å²) in [6.07, 6.45) is 3.14. The van der Waals surface area contributed by atoms with Crippen LogP contribution >= 0.6 is 0 Å². The fraction of sp³-hybridized carbons (Fsp3) is 0.538. The summed E-state index contributed by atoms with van der Waals surface area (Å²) in [5.74, 6) is 1.45. The van der Waals surface area contributed by atoms with Crippen LogP contribution in [0.15, 0.2) is 37.1 Å². The zero-order chi connectivity index (χ0) is 36.9. The number of hydrogen-bond acceptors (Lipinski definition) is 9. The van der Waals surface area contributed by atoms with Crippen LogP contribution in [-0.4, -0.2) is 120 Å². The molecule has 1 amide bonds. The molecule has 2 spiro atoms. The minimum absolute atomic E-state index is 0.0427. The summed E-state index contributed by atoms with van der Waals surface area (Å²) in [5.41, 5.74) is 4.35. The van der Waals surface area contributed by atoms with E-state index in [1.165, 1.54) is 6.08 Å². The molecule has 9 rings (SSSR count). The molecule has 0 unspecified atom stereocenters. The van der Waals surface area contributed by atoms with Gasteiger partial charge in [-0.15, -0.1) is 0 Å². The van der Waals surface area contributed by atoms with Crippen LogP contribution in [0.3, 0.4) is 0 Å². The number of nitrogens with one attached hydrogen (secondary N) is 1. The Labute approximate surface area is 306 Å². The van der Waals surface area contributed by atoms with E-state index in [1.54, 1.807) is 13.3 Å². The first-order chi connectivity index (χ1) is 25.4. The van der Waals surface area contributed by atoms with Gasteiger partial charge in [0, 0.05) is 74.7 Å². The lowest BCUT2D eigenvalue weighted by Gasteiger charge is -2.54. The second-order valence-electron chi connectivity index (χ2n) is 16.0. The van der Waals surface area contributed by atoms with Crippen molar-refractivity contribution in [3.8, 4) is 16.9 Å². The number of alkyl halides is 3. The topological polar surface area (TPSA) is 103 Å². The third-order valence-corrected chi connectivity index (χ3v) is 12.7. The second-order valence-corrected chi connectivity index (χ2v) is 16.0. The number of likely N-dealkylation sites (N-methyl/N-ethyl adjacent to an activating group) is 1. The van der Waals surface area contributed by atoms with Crippen molar-refractivity contribution in [3.05, 3.63) is 48.2 Å². The fourth-order valence-electron chi connectivity index (χ4n) is 9.48. The van der Waals surface area contributed by atoms with Crippen LogP contribution in [0.1, 0.15) is 49.1 Å². The predicted molar refractivity (Wildman–Crippen MR) is 197 cm³/mol. The van der Waals surface area contributed by atoms with Gasteiger partial charge in [0.25, 0.3) is 0 Å². The molecular weight excluding hydrogens is 685 g/mol. The number of aromatic amines is 1.